The number of nitro benzene ring substituents is 1. The summed E-state index contributed by atoms with van der Waals surface area (Å²) in [4.78, 5) is 9.89. The van der Waals surface area contributed by atoms with Gasteiger partial charge < -0.3 is 4.74 Å². The Kier molecular flexibility index (Phi) is 3.76. The summed E-state index contributed by atoms with van der Waals surface area (Å²) >= 11 is 0. The molecule has 4 nitrogen and oxygen atoms in total. The zero-order valence-corrected chi connectivity index (χ0v) is 8.52. The molecule has 0 aliphatic carbocycles. The third-order valence-electron chi connectivity index (χ3n) is 1.92. The van der Waals surface area contributed by atoms with E-state index in [0.29, 0.717) is 5.56 Å². The smallest absolute Gasteiger partial charge is 0.387 e. The molecule has 0 aromatic heterocycles. The molecule has 1 aromatic carbocycles. The van der Waals surface area contributed by atoms with Crippen molar-refractivity contribution in [1.82, 2.24) is 0 Å². The third kappa shape index (κ3) is 3.15. The Bertz CT molecular complexity index is 394. The molecule has 0 N–H and O–H groups in total. The number of halogens is 2. The fourth-order valence-electron chi connectivity index (χ4n) is 1.17. The lowest BCUT2D eigenvalue weighted by Gasteiger charge is -2.09. The van der Waals surface area contributed by atoms with Gasteiger partial charge in [-0.15, -0.1) is 0 Å². The van der Waals surface area contributed by atoms with E-state index in [1.165, 1.54) is 12.1 Å². The fraction of sp³-hybridized carbons (Fsp3) is 0.300. The molecule has 1 radical (unpaired) electrons. The molecule has 0 amide bonds. The largest absolute Gasteiger partial charge is 0.435 e. The second-order valence-electron chi connectivity index (χ2n) is 3.30. The third-order valence-corrected chi connectivity index (χ3v) is 1.92. The van der Waals surface area contributed by atoms with Gasteiger partial charge in [0.05, 0.1) is 11.0 Å². The predicted octanol–water partition coefficient (Wildman–Crippen LogP) is 3.13. The molecule has 1 rings (SSSR count). The van der Waals surface area contributed by atoms with Crippen molar-refractivity contribution in [3.05, 3.63) is 40.8 Å². The van der Waals surface area contributed by atoms with Crippen LogP contribution < -0.4 is 4.74 Å². The molecule has 0 bridgehead atoms. The van der Waals surface area contributed by atoms with Crippen LogP contribution in [-0.4, -0.2) is 11.5 Å². The zero-order chi connectivity index (χ0) is 12.3. The average molecular weight is 230 g/mol. The molecule has 0 heterocycles. The molecule has 0 saturated carbocycles. The van der Waals surface area contributed by atoms with Gasteiger partial charge in [-0.1, -0.05) is 6.92 Å². The maximum atomic E-state index is 12.0. The van der Waals surface area contributed by atoms with Crippen LogP contribution in [0.15, 0.2) is 18.2 Å². The van der Waals surface area contributed by atoms with Crippen molar-refractivity contribution in [3.63, 3.8) is 0 Å². The predicted molar refractivity (Wildman–Crippen MR) is 53.5 cm³/mol. The lowest BCUT2D eigenvalue weighted by atomic mass is 10.0. The van der Waals surface area contributed by atoms with E-state index in [9.17, 15) is 18.9 Å². The van der Waals surface area contributed by atoms with Crippen molar-refractivity contribution in [1.29, 1.82) is 0 Å². The lowest BCUT2D eigenvalue weighted by molar-refractivity contribution is -0.385. The van der Waals surface area contributed by atoms with E-state index in [0.717, 1.165) is 6.07 Å². The van der Waals surface area contributed by atoms with E-state index in [1.807, 2.05) is 0 Å². The van der Waals surface area contributed by atoms with Gasteiger partial charge in [0.1, 0.15) is 5.75 Å². The van der Waals surface area contributed by atoms with Crippen LogP contribution >= 0.6 is 0 Å². The molecular formula is C10H10F2NO3. The molecule has 1 atom stereocenters. The SMILES string of the molecule is [CH2]C(C)c1cc(OC(F)F)cc([N+](=O)[O-])c1. The van der Waals surface area contributed by atoms with Crippen LogP contribution in [0.25, 0.3) is 0 Å². The van der Waals surface area contributed by atoms with Crippen molar-refractivity contribution in [2.45, 2.75) is 19.5 Å². The highest BCUT2D eigenvalue weighted by atomic mass is 19.3. The van der Waals surface area contributed by atoms with E-state index < -0.39 is 11.5 Å². The second kappa shape index (κ2) is 4.87. The molecule has 1 aromatic rings. The van der Waals surface area contributed by atoms with Gasteiger partial charge in [0.2, 0.25) is 0 Å². The van der Waals surface area contributed by atoms with Crippen molar-refractivity contribution in [2.75, 3.05) is 0 Å². The number of ether oxygens (including phenoxy) is 1. The highest BCUT2D eigenvalue weighted by molar-refractivity contribution is 5.44. The van der Waals surface area contributed by atoms with E-state index >= 15 is 0 Å². The topological polar surface area (TPSA) is 52.4 Å². The molecule has 0 spiro atoms. The van der Waals surface area contributed by atoms with Crippen molar-refractivity contribution in [3.8, 4) is 5.75 Å². The van der Waals surface area contributed by atoms with Crippen LogP contribution in [0, 0.1) is 17.0 Å². The van der Waals surface area contributed by atoms with Crippen molar-refractivity contribution < 1.29 is 18.4 Å². The standard InChI is InChI=1S/C10H10F2NO3/c1-6(2)7-3-8(13(14)15)5-9(4-7)16-10(11)12/h3-6,10H,1H2,2H3. The Balaban J connectivity index is 3.13. The van der Waals surface area contributed by atoms with Gasteiger partial charge in [-0.25, -0.2) is 0 Å². The van der Waals surface area contributed by atoms with Crippen LogP contribution in [0.5, 0.6) is 5.75 Å². The first-order valence-corrected chi connectivity index (χ1v) is 4.47. The average Bonchev–Trinajstić information content (AvgIpc) is 2.15. The van der Waals surface area contributed by atoms with Crippen molar-refractivity contribution in [2.24, 2.45) is 0 Å². The molecule has 0 aliphatic heterocycles. The molecule has 6 heteroatoms. The minimum atomic E-state index is -3.00. The second-order valence-corrected chi connectivity index (χ2v) is 3.30. The Labute approximate surface area is 91.0 Å². The van der Waals surface area contributed by atoms with Gasteiger partial charge in [-0.05, 0) is 24.5 Å². The summed E-state index contributed by atoms with van der Waals surface area (Å²) in [7, 11) is 0. The normalized spacial score (nSPS) is 10.9. The number of alkyl halides is 2. The summed E-state index contributed by atoms with van der Waals surface area (Å²) in [5.41, 5.74) is 0.188. The number of non-ortho nitro benzene ring substituents is 1. The molecule has 0 fully saturated rings. The van der Waals surface area contributed by atoms with Gasteiger partial charge in [0.15, 0.2) is 0 Å². The first kappa shape index (κ1) is 12.4. The summed E-state index contributed by atoms with van der Waals surface area (Å²) in [6, 6.07) is 3.56. The number of hydrogen-bond donors (Lipinski definition) is 0. The summed E-state index contributed by atoms with van der Waals surface area (Å²) in [5.74, 6) is -0.477. The minimum absolute atomic E-state index is 0.227. The summed E-state index contributed by atoms with van der Waals surface area (Å²) in [6.07, 6.45) is 0. The Morgan fingerprint density at radius 3 is 2.50 bits per heavy atom. The number of benzene rings is 1. The van der Waals surface area contributed by atoms with Crippen LogP contribution in [-0.2, 0) is 0 Å². The van der Waals surface area contributed by atoms with Crippen LogP contribution in [0.1, 0.15) is 18.4 Å². The number of nitro groups is 1. The maximum Gasteiger partial charge on any atom is 0.387 e. The van der Waals surface area contributed by atoms with E-state index in [4.69, 9.17) is 0 Å². The van der Waals surface area contributed by atoms with E-state index in [1.54, 1.807) is 6.92 Å². The van der Waals surface area contributed by atoms with Gasteiger partial charge in [-0.2, -0.15) is 8.78 Å². The zero-order valence-electron chi connectivity index (χ0n) is 8.52. The van der Waals surface area contributed by atoms with Gasteiger partial charge >= 0.3 is 6.61 Å². The van der Waals surface area contributed by atoms with E-state index in [2.05, 4.69) is 11.7 Å². The molecular weight excluding hydrogens is 220 g/mol. The first-order valence-electron chi connectivity index (χ1n) is 4.47. The fourth-order valence-corrected chi connectivity index (χ4v) is 1.17. The monoisotopic (exact) mass is 230 g/mol. The number of rotatable bonds is 4. The van der Waals surface area contributed by atoms with Crippen LogP contribution in [0.2, 0.25) is 0 Å². The van der Waals surface area contributed by atoms with E-state index in [-0.39, 0.29) is 17.4 Å². The Hall–Kier alpha value is -1.72. The highest BCUT2D eigenvalue weighted by Gasteiger charge is 2.14. The molecule has 16 heavy (non-hydrogen) atoms. The molecule has 0 saturated heterocycles. The number of hydrogen-bond acceptors (Lipinski definition) is 3. The molecule has 0 aliphatic rings. The van der Waals surface area contributed by atoms with Gasteiger partial charge in [0, 0.05) is 6.07 Å². The maximum absolute atomic E-state index is 12.0. The summed E-state index contributed by atoms with van der Waals surface area (Å²) in [5, 5.41) is 10.6. The van der Waals surface area contributed by atoms with Gasteiger partial charge in [0.25, 0.3) is 5.69 Å². The Morgan fingerprint density at radius 1 is 1.44 bits per heavy atom. The quantitative estimate of drug-likeness (QED) is 0.589. The van der Waals surface area contributed by atoms with Gasteiger partial charge in [-0.3, -0.25) is 10.1 Å². The molecule has 1 unspecified atom stereocenters. The minimum Gasteiger partial charge on any atom is -0.435 e. The highest BCUT2D eigenvalue weighted by Crippen LogP contribution is 2.27. The van der Waals surface area contributed by atoms with Crippen LogP contribution in [0.3, 0.4) is 0 Å². The van der Waals surface area contributed by atoms with Crippen molar-refractivity contribution >= 4 is 5.69 Å². The summed E-state index contributed by atoms with van der Waals surface area (Å²) in [6.45, 7) is 2.36. The molecule has 87 valence electrons. The summed E-state index contributed by atoms with van der Waals surface area (Å²) < 4.78 is 28.1. The number of nitrogens with zero attached hydrogens (tertiary/aromatic N) is 1. The van der Waals surface area contributed by atoms with Crippen LogP contribution in [0.4, 0.5) is 14.5 Å². The lowest BCUT2D eigenvalue weighted by Crippen LogP contribution is -2.03. The first-order chi connectivity index (χ1) is 7.40. The Morgan fingerprint density at radius 2 is 2.06 bits per heavy atom.